The smallest absolute Gasteiger partial charge is 0.235 e. The number of fused-ring (bicyclic) bond motifs is 17. The predicted octanol–water partition coefficient (Wildman–Crippen LogP) is 14.5. The fourth-order valence-corrected chi connectivity index (χ4v) is 10.7. The third kappa shape index (κ3) is 4.06. The topological polar surface area (TPSA) is 30.7 Å². The van der Waals surface area contributed by atoms with E-state index in [1.165, 1.54) is 74.0 Å². The zero-order chi connectivity index (χ0) is 36.5. The van der Waals surface area contributed by atoms with Crippen molar-refractivity contribution in [1.29, 1.82) is 0 Å². The van der Waals surface area contributed by atoms with E-state index in [9.17, 15) is 0 Å². The SMILES string of the molecule is c1ccc2cc3c(cc2c1)c1c2c4ccccc4c4ccccc4c2ccc1n3-c1nc(-c2cccc3sc4ccccc4c23)c2ccc3ccccc3c2n1. The lowest BCUT2D eigenvalue weighted by atomic mass is 9.91. The van der Waals surface area contributed by atoms with Crippen LogP contribution in [0, 0.1) is 0 Å². The average Bonchev–Trinajstić information content (AvgIpc) is 3.80. The van der Waals surface area contributed by atoms with Gasteiger partial charge in [-0.25, -0.2) is 9.97 Å². The van der Waals surface area contributed by atoms with Crippen molar-refractivity contribution in [3.05, 3.63) is 176 Å². The predicted molar refractivity (Wildman–Crippen MR) is 240 cm³/mol. The Morgan fingerprint density at radius 3 is 1.77 bits per heavy atom. The summed E-state index contributed by atoms with van der Waals surface area (Å²) in [5, 5.41) is 18.2. The van der Waals surface area contributed by atoms with Crippen LogP contribution in [0.2, 0.25) is 0 Å². The molecule has 10 aromatic carbocycles. The molecule has 0 N–H and O–H groups in total. The molecule has 0 radical (unpaired) electrons. The molecule has 0 aliphatic rings. The number of benzene rings is 10. The maximum atomic E-state index is 5.69. The molecule has 0 unspecified atom stereocenters. The van der Waals surface area contributed by atoms with Crippen molar-refractivity contribution in [1.82, 2.24) is 14.5 Å². The summed E-state index contributed by atoms with van der Waals surface area (Å²) in [5.41, 5.74) is 5.20. The van der Waals surface area contributed by atoms with Crippen molar-refractivity contribution in [2.75, 3.05) is 0 Å². The monoisotopic (exact) mass is 727 g/mol. The summed E-state index contributed by atoms with van der Waals surface area (Å²) in [6.45, 7) is 0. The Kier molecular flexibility index (Phi) is 6.04. The van der Waals surface area contributed by atoms with Gasteiger partial charge in [-0.2, -0.15) is 0 Å². The van der Waals surface area contributed by atoms with Crippen LogP contribution >= 0.6 is 11.3 Å². The molecule has 0 bridgehead atoms. The summed E-state index contributed by atoms with van der Waals surface area (Å²) >= 11 is 1.84. The highest BCUT2D eigenvalue weighted by atomic mass is 32.1. The van der Waals surface area contributed by atoms with Crippen LogP contribution in [-0.4, -0.2) is 14.5 Å². The lowest BCUT2D eigenvalue weighted by Gasteiger charge is -2.15. The number of hydrogen-bond acceptors (Lipinski definition) is 3. The molecule has 0 aliphatic heterocycles. The Bertz CT molecular complexity index is 3800. The third-order valence-corrected chi connectivity index (χ3v) is 13.1. The quantitative estimate of drug-likeness (QED) is 0.166. The van der Waals surface area contributed by atoms with E-state index < -0.39 is 0 Å². The van der Waals surface area contributed by atoms with Gasteiger partial charge in [-0.3, -0.25) is 4.57 Å². The first-order chi connectivity index (χ1) is 27.8. The van der Waals surface area contributed by atoms with Crippen molar-refractivity contribution in [2.24, 2.45) is 0 Å². The molecule has 3 heterocycles. The molecule has 258 valence electrons. The van der Waals surface area contributed by atoms with Gasteiger partial charge in [0.2, 0.25) is 5.95 Å². The van der Waals surface area contributed by atoms with Gasteiger partial charge >= 0.3 is 0 Å². The summed E-state index contributed by atoms with van der Waals surface area (Å²) in [6.07, 6.45) is 0. The van der Waals surface area contributed by atoms with Crippen LogP contribution in [0.4, 0.5) is 0 Å². The van der Waals surface area contributed by atoms with Crippen LogP contribution in [0.1, 0.15) is 0 Å². The van der Waals surface area contributed by atoms with Crippen molar-refractivity contribution in [3.63, 3.8) is 0 Å². The summed E-state index contributed by atoms with van der Waals surface area (Å²) in [6, 6.07) is 64.1. The van der Waals surface area contributed by atoms with Crippen molar-refractivity contribution >= 4 is 118 Å². The van der Waals surface area contributed by atoms with Gasteiger partial charge in [-0.1, -0.05) is 140 Å². The first-order valence-corrected chi connectivity index (χ1v) is 19.9. The highest BCUT2D eigenvalue weighted by Crippen LogP contribution is 2.46. The van der Waals surface area contributed by atoms with Gasteiger partial charge in [0, 0.05) is 52.7 Å². The molecular formula is C52H29N3S. The molecule has 0 atom stereocenters. The van der Waals surface area contributed by atoms with Gasteiger partial charge in [0.1, 0.15) is 0 Å². The lowest BCUT2D eigenvalue weighted by Crippen LogP contribution is -2.04. The molecule has 0 saturated heterocycles. The maximum Gasteiger partial charge on any atom is 0.235 e. The zero-order valence-corrected chi connectivity index (χ0v) is 30.8. The van der Waals surface area contributed by atoms with Crippen LogP contribution in [0.15, 0.2) is 176 Å². The van der Waals surface area contributed by atoms with E-state index in [1.807, 2.05) is 11.3 Å². The largest absolute Gasteiger partial charge is 0.278 e. The van der Waals surface area contributed by atoms with E-state index in [1.54, 1.807) is 0 Å². The average molecular weight is 728 g/mol. The minimum atomic E-state index is 0.667. The zero-order valence-electron chi connectivity index (χ0n) is 30.0. The highest BCUT2D eigenvalue weighted by molar-refractivity contribution is 7.25. The van der Waals surface area contributed by atoms with Crippen LogP contribution in [0.5, 0.6) is 0 Å². The summed E-state index contributed by atoms with van der Waals surface area (Å²) in [7, 11) is 0. The first-order valence-electron chi connectivity index (χ1n) is 19.1. The van der Waals surface area contributed by atoms with Gasteiger partial charge in [-0.15, -0.1) is 11.3 Å². The molecule has 0 amide bonds. The fourth-order valence-electron chi connectivity index (χ4n) is 9.53. The molecule has 0 spiro atoms. The van der Waals surface area contributed by atoms with Crippen molar-refractivity contribution in [3.8, 4) is 17.2 Å². The maximum absolute atomic E-state index is 5.69. The van der Waals surface area contributed by atoms with Crippen LogP contribution in [0.3, 0.4) is 0 Å². The van der Waals surface area contributed by atoms with Crippen LogP contribution in [0.25, 0.3) is 124 Å². The Hall–Kier alpha value is -7.14. The summed E-state index contributed by atoms with van der Waals surface area (Å²) < 4.78 is 4.86. The molecule has 13 aromatic rings. The van der Waals surface area contributed by atoms with Crippen LogP contribution in [-0.2, 0) is 0 Å². The van der Waals surface area contributed by atoms with E-state index in [-0.39, 0.29) is 0 Å². The number of nitrogens with zero attached hydrogens (tertiary/aromatic N) is 3. The van der Waals surface area contributed by atoms with E-state index in [0.717, 1.165) is 44.0 Å². The van der Waals surface area contributed by atoms with E-state index in [4.69, 9.17) is 9.97 Å². The first kappa shape index (κ1) is 30.2. The summed E-state index contributed by atoms with van der Waals surface area (Å²) in [5.74, 6) is 0.667. The minimum Gasteiger partial charge on any atom is -0.278 e. The van der Waals surface area contributed by atoms with Crippen LogP contribution < -0.4 is 0 Å². The molecule has 13 rings (SSSR count). The van der Waals surface area contributed by atoms with E-state index in [2.05, 4.69) is 180 Å². The highest BCUT2D eigenvalue weighted by Gasteiger charge is 2.23. The normalized spacial score (nSPS) is 12.3. The molecule has 4 heteroatoms. The molecule has 0 saturated carbocycles. The minimum absolute atomic E-state index is 0.667. The molecule has 56 heavy (non-hydrogen) atoms. The molecule has 3 nitrogen and oxygen atoms in total. The number of aromatic nitrogens is 3. The Morgan fingerprint density at radius 2 is 0.964 bits per heavy atom. The van der Waals surface area contributed by atoms with E-state index >= 15 is 0 Å². The summed E-state index contributed by atoms with van der Waals surface area (Å²) in [4.78, 5) is 11.3. The molecule has 0 fully saturated rings. The third-order valence-electron chi connectivity index (χ3n) is 11.9. The van der Waals surface area contributed by atoms with Gasteiger partial charge in [0.25, 0.3) is 0 Å². The Morgan fingerprint density at radius 1 is 0.357 bits per heavy atom. The second-order valence-corrected chi connectivity index (χ2v) is 15.9. The van der Waals surface area contributed by atoms with Crippen molar-refractivity contribution in [2.45, 2.75) is 0 Å². The Balaban J connectivity index is 1.25. The molecular weight excluding hydrogens is 699 g/mol. The standard InChI is InChI=1S/C52H29N3S/c1-2-14-32-29-44-42(28-31(32)13-1)49-43(27-26-38-36-18-6-5-16-34(36)35-17-7-8-19-37(35)48(38)49)55(44)52-53-50-33-15-4-3-12-30(33)24-25-41(50)51(54-52)40-21-11-23-46-47(40)39-20-9-10-22-45(39)56-46/h1-29H. The Labute approximate surface area is 324 Å². The van der Waals surface area contributed by atoms with E-state index in [0.29, 0.717) is 5.95 Å². The van der Waals surface area contributed by atoms with Gasteiger partial charge < -0.3 is 0 Å². The van der Waals surface area contributed by atoms with Crippen molar-refractivity contribution < 1.29 is 0 Å². The van der Waals surface area contributed by atoms with Gasteiger partial charge in [-0.05, 0) is 79.5 Å². The fraction of sp³-hybridized carbons (Fsp3) is 0. The second kappa shape index (κ2) is 11.2. The lowest BCUT2D eigenvalue weighted by molar-refractivity contribution is 1.02. The number of thiophene rings is 1. The number of hydrogen-bond donors (Lipinski definition) is 0. The molecule has 0 aliphatic carbocycles. The number of rotatable bonds is 2. The second-order valence-electron chi connectivity index (χ2n) is 14.9. The van der Waals surface area contributed by atoms with Gasteiger partial charge in [0.15, 0.2) is 0 Å². The van der Waals surface area contributed by atoms with Gasteiger partial charge in [0.05, 0.1) is 22.2 Å². The molecule has 3 aromatic heterocycles.